The summed E-state index contributed by atoms with van der Waals surface area (Å²) in [5.74, 6) is 0. The van der Waals surface area contributed by atoms with Gasteiger partial charge in [0.05, 0.1) is 5.69 Å². The first-order valence-corrected chi connectivity index (χ1v) is 6.46. The monoisotopic (exact) mass is 281 g/mol. The fraction of sp³-hybridized carbons (Fsp3) is 0.462. The lowest BCUT2D eigenvalue weighted by molar-refractivity contribution is 0.0543. The van der Waals surface area contributed by atoms with Gasteiger partial charge < -0.3 is 4.74 Å². The van der Waals surface area contributed by atoms with Crippen molar-refractivity contribution in [2.75, 3.05) is 0 Å². The maximum Gasteiger partial charge on any atom is 0.420 e. The molecule has 0 unspecified atom stereocenters. The van der Waals surface area contributed by atoms with Crippen LogP contribution in [0.3, 0.4) is 0 Å². The molecule has 0 aliphatic heterocycles. The number of aromatic nitrogens is 3. The van der Waals surface area contributed by atoms with E-state index in [2.05, 4.69) is 9.97 Å². The van der Waals surface area contributed by atoms with Crippen LogP contribution in [-0.2, 0) is 11.2 Å². The zero-order valence-electron chi connectivity index (χ0n) is 11.4. The van der Waals surface area contributed by atoms with Gasteiger partial charge in [0.1, 0.15) is 5.60 Å². The van der Waals surface area contributed by atoms with Gasteiger partial charge in [-0.25, -0.2) is 14.3 Å². The Morgan fingerprint density at radius 3 is 2.68 bits per heavy atom. The van der Waals surface area contributed by atoms with E-state index in [9.17, 15) is 4.79 Å². The normalized spacial score (nSPS) is 11.8. The lowest BCUT2D eigenvalue weighted by Gasteiger charge is -2.19. The Labute approximate surface area is 116 Å². The van der Waals surface area contributed by atoms with Crippen LogP contribution >= 0.6 is 11.6 Å². The van der Waals surface area contributed by atoms with Gasteiger partial charge in [0, 0.05) is 11.6 Å². The molecule has 0 bridgehead atoms. The van der Waals surface area contributed by atoms with Crippen LogP contribution in [0.5, 0.6) is 0 Å². The van der Waals surface area contributed by atoms with E-state index in [0.717, 1.165) is 17.5 Å². The fourth-order valence-electron chi connectivity index (χ4n) is 1.78. The molecule has 0 atom stereocenters. The summed E-state index contributed by atoms with van der Waals surface area (Å²) in [4.78, 5) is 20.4. The average Bonchev–Trinajstić information content (AvgIpc) is 2.69. The molecule has 0 aromatic carbocycles. The molecule has 0 radical (unpaired) electrons. The van der Waals surface area contributed by atoms with Crippen LogP contribution in [-0.4, -0.2) is 26.2 Å². The van der Waals surface area contributed by atoms with Crippen molar-refractivity contribution in [1.82, 2.24) is 14.5 Å². The molecule has 5 nitrogen and oxygen atoms in total. The van der Waals surface area contributed by atoms with Crippen LogP contribution in [0.4, 0.5) is 4.79 Å². The van der Waals surface area contributed by atoms with Gasteiger partial charge in [0.2, 0.25) is 5.28 Å². The molecule has 6 heteroatoms. The summed E-state index contributed by atoms with van der Waals surface area (Å²) in [6.45, 7) is 7.42. The maximum absolute atomic E-state index is 12.1. The molecule has 0 saturated heterocycles. The number of fused-ring (bicyclic) bond motifs is 1. The number of halogens is 1. The third-order valence-electron chi connectivity index (χ3n) is 2.52. The number of rotatable bonds is 1. The van der Waals surface area contributed by atoms with Gasteiger partial charge >= 0.3 is 6.09 Å². The lowest BCUT2D eigenvalue weighted by atomic mass is 10.2. The van der Waals surface area contributed by atoms with Gasteiger partial charge in [-0.15, -0.1) is 0 Å². The minimum Gasteiger partial charge on any atom is -0.443 e. The SMILES string of the molecule is CCc1nc(Cl)nc2c1ccn2C(=O)OC(C)(C)C. The Bertz CT molecular complexity index is 629. The Morgan fingerprint density at radius 1 is 1.42 bits per heavy atom. The summed E-state index contributed by atoms with van der Waals surface area (Å²) < 4.78 is 6.68. The molecule has 2 aromatic rings. The Morgan fingerprint density at radius 2 is 2.11 bits per heavy atom. The number of hydrogen-bond acceptors (Lipinski definition) is 4. The fourth-order valence-corrected chi connectivity index (χ4v) is 1.96. The Hall–Kier alpha value is -1.62. The minimum atomic E-state index is -0.557. The van der Waals surface area contributed by atoms with Crippen LogP contribution in [0.1, 0.15) is 33.4 Å². The van der Waals surface area contributed by atoms with E-state index in [4.69, 9.17) is 16.3 Å². The molecule has 2 heterocycles. The summed E-state index contributed by atoms with van der Waals surface area (Å²) in [5.41, 5.74) is 0.737. The number of aryl methyl sites for hydroxylation is 1. The van der Waals surface area contributed by atoms with E-state index >= 15 is 0 Å². The molecule has 0 saturated carbocycles. The summed E-state index contributed by atoms with van der Waals surface area (Å²) in [6, 6.07) is 1.80. The number of carbonyl (C=O) groups excluding carboxylic acids is 1. The van der Waals surface area contributed by atoms with Crippen molar-refractivity contribution >= 4 is 28.7 Å². The molecule has 0 aliphatic carbocycles. The topological polar surface area (TPSA) is 57.0 Å². The van der Waals surface area contributed by atoms with Gasteiger partial charge in [0.15, 0.2) is 5.65 Å². The standard InChI is InChI=1S/C13H16ClN3O2/c1-5-9-8-6-7-17(10(8)16-11(14)15-9)12(18)19-13(2,3)4/h6-7H,5H2,1-4H3. The molecule has 102 valence electrons. The second kappa shape index (κ2) is 4.81. The van der Waals surface area contributed by atoms with Gasteiger partial charge in [-0.1, -0.05) is 6.92 Å². The molecular weight excluding hydrogens is 266 g/mol. The number of nitrogens with zero attached hydrogens (tertiary/aromatic N) is 3. The Balaban J connectivity index is 2.51. The molecule has 0 aliphatic rings. The number of hydrogen-bond donors (Lipinski definition) is 0. The van der Waals surface area contributed by atoms with Crippen molar-refractivity contribution in [3.05, 3.63) is 23.2 Å². The van der Waals surface area contributed by atoms with Crippen LogP contribution < -0.4 is 0 Å². The highest BCUT2D eigenvalue weighted by Gasteiger charge is 2.20. The first kappa shape index (κ1) is 13.8. The first-order valence-electron chi connectivity index (χ1n) is 6.08. The molecule has 0 amide bonds. The van der Waals surface area contributed by atoms with E-state index < -0.39 is 11.7 Å². The quantitative estimate of drug-likeness (QED) is 0.752. The molecular formula is C13H16ClN3O2. The maximum atomic E-state index is 12.1. The van der Waals surface area contributed by atoms with Gasteiger partial charge in [-0.05, 0) is 44.9 Å². The molecule has 0 fully saturated rings. The molecule has 2 aromatic heterocycles. The van der Waals surface area contributed by atoms with Crippen LogP contribution in [0.2, 0.25) is 5.28 Å². The average molecular weight is 282 g/mol. The predicted molar refractivity (Wildman–Crippen MR) is 73.5 cm³/mol. The third kappa shape index (κ3) is 2.87. The highest BCUT2D eigenvalue weighted by Crippen LogP contribution is 2.21. The second-order valence-corrected chi connectivity index (χ2v) is 5.53. The zero-order chi connectivity index (χ0) is 14.2. The van der Waals surface area contributed by atoms with Crippen molar-refractivity contribution in [1.29, 1.82) is 0 Å². The minimum absolute atomic E-state index is 0.132. The van der Waals surface area contributed by atoms with E-state index in [1.54, 1.807) is 12.3 Å². The first-order chi connectivity index (χ1) is 8.81. The highest BCUT2D eigenvalue weighted by molar-refractivity contribution is 6.28. The summed E-state index contributed by atoms with van der Waals surface area (Å²) >= 11 is 5.88. The summed E-state index contributed by atoms with van der Waals surface area (Å²) in [7, 11) is 0. The molecule has 0 N–H and O–H groups in total. The third-order valence-corrected chi connectivity index (χ3v) is 2.69. The number of carbonyl (C=O) groups is 1. The lowest BCUT2D eigenvalue weighted by Crippen LogP contribution is -2.26. The van der Waals surface area contributed by atoms with E-state index in [0.29, 0.717) is 5.65 Å². The second-order valence-electron chi connectivity index (χ2n) is 5.20. The smallest absolute Gasteiger partial charge is 0.420 e. The predicted octanol–water partition coefficient (Wildman–Crippen LogP) is 3.43. The molecule has 19 heavy (non-hydrogen) atoms. The van der Waals surface area contributed by atoms with E-state index in [1.807, 2.05) is 27.7 Å². The summed E-state index contributed by atoms with van der Waals surface area (Å²) in [6.07, 6.45) is 1.87. The van der Waals surface area contributed by atoms with Crippen molar-refractivity contribution in [3.8, 4) is 0 Å². The van der Waals surface area contributed by atoms with Gasteiger partial charge in [-0.3, -0.25) is 0 Å². The van der Waals surface area contributed by atoms with Crippen molar-refractivity contribution < 1.29 is 9.53 Å². The highest BCUT2D eigenvalue weighted by atomic mass is 35.5. The van der Waals surface area contributed by atoms with Gasteiger partial charge in [-0.2, -0.15) is 4.98 Å². The van der Waals surface area contributed by atoms with Crippen molar-refractivity contribution in [2.24, 2.45) is 0 Å². The van der Waals surface area contributed by atoms with Crippen LogP contribution in [0, 0.1) is 0 Å². The van der Waals surface area contributed by atoms with Crippen molar-refractivity contribution in [2.45, 2.75) is 39.7 Å². The molecule has 0 spiro atoms. The largest absolute Gasteiger partial charge is 0.443 e. The number of ether oxygens (including phenoxy) is 1. The van der Waals surface area contributed by atoms with Crippen LogP contribution in [0.25, 0.3) is 11.0 Å². The zero-order valence-corrected chi connectivity index (χ0v) is 12.2. The van der Waals surface area contributed by atoms with E-state index in [-0.39, 0.29) is 5.28 Å². The van der Waals surface area contributed by atoms with Crippen LogP contribution in [0.15, 0.2) is 12.3 Å². The van der Waals surface area contributed by atoms with Crippen molar-refractivity contribution in [3.63, 3.8) is 0 Å². The Kier molecular flexibility index (Phi) is 3.49. The summed E-state index contributed by atoms with van der Waals surface area (Å²) in [5, 5.41) is 0.950. The van der Waals surface area contributed by atoms with Gasteiger partial charge in [0.25, 0.3) is 0 Å². The molecule has 2 rings (SSSR count). The van der Waals surface area contributed by atoms with E-state index in [1.165, 1.54) is 4.57 Å².